The minimum absolute atomic E-state index is 0.658. The van der Waals surface area contributed by atoms with Crippen LogP contribution < -0.4 is 4.74 Å². The van der Waals surface area contributed by atoms with Crippen molar-refractivity contribution in [2.75, 3.05) is 7.11 Å². The quantitative estimate of drug-likeness (QED) is 0.519. The Morgan fingerprint density at radius 1 is 1.15 bits per heavy atom. The van der Waals surface area contributed by atoms with Crippen molar-refractivity contribution in [1.82, 2.24) is 29.6 Å². The summed E-state index contributed by atoms with van der Waals surface area (Å²) >= 11 is 7.99. The van der Waals surface area contributed by atoms with E-state index in [1.807, 2.05) is 31.3 Å². The molecule has 1 aromatic carbocycles. The topological polar surface area (TPSA) is 70.1 Å². The molecule has 0 saturated carbocycles. The highest BCUT2D eigenvalue weighted by molar-refractivity contribution is 7.19. The van der Waals surface area contributed by atoms with E-state index in [0.717, 1.165) is 40.6 Å². The van der Waals surface area contributed by atoms with Crippen LogP contribution in [0.25, 0.3) is 27.1 Å². The normalized spacial score (nSPS) is 11.4. The third kappa shape index (κ3) is 2.75. The van der Waals surface area contributed by atoms with E-state index in [1.54, 1.807) is 16.3 Å². The summed E-state index contributed by atoms with van der Waals surface area (Å²) in [6.45, 7) is 2.11. The van der Waals surface area contributed by atoms with E-state index in [4.69, 9.17) is 21.4 Å². The van der Waals surface area contributed by atoms with Crippen molar-refractivity contribution in [3.8, 4) is 27.8 Å². The highest BCUT2D eigenvalue weighted by Gasteiger charge is 2.21. The van der Waals surface area contributed by atoms with Gasteiger partial charge in [-0.1, -0.05) is 36.3 Å². The zero-order valence-corrected chi connectivity index (χ0v) is 16.2. The van der Waals surface area contributed by atoms with Gasteiger partial charge < -0.3 is 4.74 Å². The third-order valence-corrected chi connectivity index (χ3v) is 5.39. The summed E-state index contributed by atoms with van der Waals surface area (Å²) in [5.41, 5.74) is 2.62. The fraction of sp³-hybridized carbons (Fsp3) is 0.294. The van der Waals surface area contributed by atoms with Crippen LogP contribution in [0.3, 0.4) is 0 Å². The number of ether oxygens (including phenoxy) is 1. The molecular weight excluding hydrogens is 372 g/mol. The molecular formula is C17H17ClN6OS. The maximum atomic E-state index is 6.55. The lowest BCUT2D eigenvalue weighted by Crippen LogP contribution is -1.96. The first-order chi connectivity index (χ1) is 12.6. The largest absolute Gasteiger partial charge is 0.497 e. The van der Waals surface area contributed by atoms with Gasteiger partial charge in [-0.2, -0.15) is 14.7 Å². The number of methoxy groups -OCH3 is 1. The molecule has 3 heterocycles. The number of rotatable bonds is 5. The molecule has 4 aromatic rings. The van der Waals surface area contributed by atoms with E-state index in [0.29, 0.717) is 15.8 Å². The maximum absolute atomic E-state index is 6.55. The van der Waals surface area contributed by atoms with Crippen molar-refractivity contribution >= 4 is 27.9 Å². The number of aryl methyl sites for hydroxylation is 2. The second-order valence-corrected chi connectivity index (χ2v) is 7.17. The lowest BCUT2D eigenvalue weighted by Gasteiger charge is -2.01. The van der Waals surface area contributed by atoms with E-state index < -0.39 is 0 Å². The summed E-state index contributed by atoms with van der Waals surface area (Å²) in [7, 11) is 3.52. The van der Waals surface area contributed by atoms with Crippen molar-refractivity contribution in [2.24, 2.45) is 7.05 Å². The first-order valence-electron chi connectivity index (χ1n) is 8.20. The average Bonchev–Trinajstić information content (AvgIpc) is 3.29. The molecule has 4 rings (SSSR count). The van der Waals surface area contributed by atoms with Crippen LogP contribution in [0.4, 0.5) is 0 Å². The van der Waals surface area contributed by atoms with Crippen LogP contribution >= 0.6 is 22.9 Å². The van der Waals surface area contributed by atoms with Gasteiger partial charge in [0, 0.05) is 12.6 Å². The van der Waals surface area contributed by atoms with Gasteiger partial charge in [-0.15, -0.1) is 10.2 Å². The van der Waals surface area contributed by atoms with Crippen molar-refractivity contribution < 1.29 is 4.74 Å². The van der Waals surface area contributed by atoms with Gasteiger partial charge in [0.25, 0.3) is 0 Å². The van der Waals surface area contributed by atoms with E-state index in [-0.39, 0.29) is 0 Å². The highest BCUT2D eigenvalue weighted by atomic mass is 35.5. The zero-order valence-electron chi connectivity index (χ0n) is 14.6. The molecule has 0 amide bonds. The number of fused-ring (bicyclic) bond motifs is 1. The van der Waals surface area contributed by atoms with Crippen molar-refractivity contribution in [2.45, 2.75) is 19.8 Å². The SMILES string of the molecule is CCCc1nn(C)c(-c2nn3c(-c4ccc(OC)cc4)nnc3s2)c1Cl. The Hall–Kier alpha value is -2.45. The predicted molar refractivity (Wildman–Crippen MR) is 102 cm³/mol. The van der Waals surface area contributed by atoms with Crippen LogP contribution in [0.15, 0.2) is 24.3 Å². The van der Waals surface area contributed by atoms with E-state index in [9.17, 15) is 0 Å². The molecule has 0 saturated heterocycles. The molecule has 0 unspecified atom stereocenters. The highest BCUT2D eigenvalue weighted by Crippen LogP contribution is 2.34. The van der Waals surface area contributed by atoms with Crippen molar-refractivity contribution in [1.29, 1.82) is 0 Å². The van der Waals surface area contributed by atoms with Crippen LogP contribution in [-0.4, -0.2) is 36.7 Å². The molecule has 0 radical (unpaired) electrons. The molecule has 0 atom stereocenters. The minimum atomic E-state index is 0.658. The zero-order chi connectivity index (χ0) is 18.3. The van der Waals surface area contributed by atoms with Crippen LogP contribution in [0.1, 0.15) is 19.0 Å². The van der Waals surface area contributed by atoms with Crippen LogP contribution in [0.2, 0.25) is 5.02 Å². The van der Waals surface area contributed by atoms with Gasteiger partial charge in [-0.3, -0.25) is 4.68 Å². The summed E-state index contributed by atoms with van der Waals surface area (Å²) in [6, 6.07) is 7.65. The lowest BCUT2D eigenvalue weighted by molar-refractivity contribution is 0.415. The Kier molecular flexibility index (Phi) is 4.37. The molecule has 0 fully saturated rings. The molecule has 7 nitrogen and oxygen atoms in total. The number of benzene rings is 1. The minimum Gasteiger partial charge on any atom is -0.497 e. The molecule has 0 aliphatic heterocycles. The van der Waals surface area contributed by atoms with E-state index in [1.165, 1.54) is 11.3 Å². The molecule has 0 aliphatic carbocycles. The van der Waals surface area contributed by atoms with Gasteiger partial charge in [0.05, 0.1) is 17.8 Å². The van der Waals surface area contributed by atoms with Gasteiger partial charge in [0.15, 0.2) is 10.8 Å². The Balaban J connectivity index is 1.79. The Morgan fingerprint density at radius 3 is 2.62 bits per heavy atom. The van der Waals surface area contributed by atoms with Gasteiger partial charge >= 0.3 is 0 Å². The van der Waals surface area contributed by atoms with Crippen molar-refractivity contribution in [3.63, 3.8) is 0 Å². The van der Waals surface area contributed by atoms with Crippen molar-refractivity contribution in [3.05, 3.63) is 35.0 Å². The summed E-state index contributed by atoms with van der Waals surface area (Å²) in [6.07, 6.45) is 1.83. The molecule has 134 valence electrons. The van der Waals surface area contributed by atoms with Gasteiger partial charge in [0.2, 0.25) is 4.96 Å². The molecule has 3 aromatic heterocycles. The standard InChI is InChI=1S/C17H17ClN6OS/c1-4-5-12-13(18)14(23(2)21-12)16-22-24-15(19-20-17(24)26-16)10-6-8-11(25-3)9-7-10/h6-9H,4-5H2,1-3H3. The van der Waals surface area contributed by atoms with Gasteiger partial charge in [-0.25, -0.2) is 0 Å². The monoisotopic (exact) mass is 388 g/mol. The fourth-order valence-corrected chi connectivity index (χ4v) is 4.14. The lowest BCUT2D eigenvalue weighted by atomic mass is 10.2. The maximum Gasteiger partial charge on any atom is 0.235 e. The van der Waals surface area contributed by atoms with E-state index >= 15 is 0 Å². The summed E-state index contributed by atoms with van der Waals surface area (Å²) in [5, 5.41) is 19.2. The number of nitrogens with zero attached hydrogens (tertiary/aromatic N) is 6. The molecule has 26 heavy (non-hydrogen) atoms. The Bertz CT molecular complexity index is 1070. The number of hydrogen-bond acceptors (Lipinski definition) is 6. The molecule has 0 aliphatic rings. The molecule has 0 bridgehead atoms. The van der Waals surface area contributed by atoms with Crippen LogP contribution in [0, 0.1) is 0 Å². The molecule has 0 spiro atoms. The molecule has 0 N–H and O–H groups in total. The van der Waals surface area contributed by atoms with Crippen LogP contribution in [0.5, 0.6) is 5.75 Å². The van der Waals surface area contributed by atoms with Gasteiger partial charge in [0.1, 0.15) is 11.4 Å². The van der Waals surface area contributed by atoms with Crippen LogP contribution in [-0.2, 0) is 13.5 Å². The second-order valence-electron chi connectivity index (χ2n) is 5.84. The Morgan fingerprint density at radius 2 is 1.92 bits per heavy atom. The fourth-order valence-electron chi connectivity index (χ4n) is 2.82. The second kappa shape index (κ2) is 6.69. The first-order valence-corrected chi connectivity index (χ1v) is 9.40. The predicted octanol–water partition coefficient (Wildman–Crippen LogP) is 3.87. The first kappa shape index (κ1) is 17.0. The number of halogens is 1. The summed E-state index contributed by atoms with van der Waals surface area (Å²) < 4.78 is 8.73. The Labute approximate surface area is 159 Å². The summed E-state index contributed by atoms with van der Waals surface area (Å²) in [4.78, 5) is 0.708. The van der Waals surface area contributed by atoms with Gasteiger partial charge in [-0.05, 0) is 30.7 Å². The average molecular weight is 389 g/mol. The number of hydrogen-bond donors (Lipinski definition) is 0. The molecule has 9 heteroatoms. The number of aromatic nitrogens is 6. The smallest absolute Gasteiger partial charge is 0.235 e. The summed E-state index contributed by atoms with van der Waals surface area (Å²) in [5.74, 6) is 1.47. The third-order valence-electron chi connectivity index (χ3n) is 4.08. The van der Waals surface area contributed by atoms with E-state index in [2.05, 4.69) is 22.2 Å².